The zero-order valence-corrected chi connectivity index (χ0v) is 13.7. The van der Waals surface area contributed by atoms with E-state index in [0.29, 0.717) is 5.41 Å². The summed E-state index contributed by atoms with van der Waals surface area (Å²) in [6.07, 6.45) is 6.54. The van der Waals surface area contributed by atoms with Gasteiger partial charge in [0, 0.05) is 23.7 Å². The van der Waals surface area contributed by atoms with E-state index < -0.39 is 0 Å². The fourth-order valence-electron chi connectivity index (χ4n) is 3.47. The van der Waals surface area contributed by atoms with Crippen LogP contribution in [-0.2, 0) is 4.74 Å². The highest BCUT2D eigenvalue weighted by Gasteiger charge is 2.36. The SMILES string of the molecule is CC(C)(C)C1CCC(CN)C(SC2CCOCC2)C1. The lowest BCUT2D eigenvalue weighted by molar-refractivity contribution is 0.0994. The van der Waals surface area contributed by atoms with Crippen molar-refractivity contribution in [3.05, 3.63) is 0 Å². The van der Waals surface area contributed by atoms with Gasteiger partial charge < -0.3 is 10.5 Å². The number of hydrogen-bond donors (Lipinski definition) is 1. The number of hydrogen-bond acceptors (Lipinski definition) is 3. The van der Waals surface area contributed by atoms with Crippen molar-refractivity contribution in [2.24, 2.45) is 23.0 Å². The molecule has 112 valence electrons. The molecule has 1 heterocycles. The first kappa shape index (κ1) is 15.7. The molecule has 0 amide bonds. The maximum Gasteiger partial charge on any atom is 0.0476 e. The topological polar surface area (TPSA) is 35.2 Å². The Morgan fingerprint density at radius 2 is 1.79 bits per heavy atom. The van der Waals surface area contributed by atoms with E-state index in [4.69, 9.17) is 10.5 Å². The van der Waals surface area contributed by atoms with Crippen LogP contribution < -0.4 is 5.73 Å². The Morgan fingerprint density at radius 3 is 2.37 bits per heavy atom. The van der Waals surface area contributed by atoms with E-state index in [1.54, 1.807) is 0 Å². The number of nitrogens with two attached hydrogens (primary N) is 1. The lowest BCUT2D eigenvalue weighted by Gasteiger charge is -2.42. The van der Waals surface area contributed by atoms with E-state index in [1.807, 2.05) is 0 Å². The highest BCUT2D eigenvalue weighted by molar-refractivity contribution is 8.00. The van der Waals surface area contributed by atoms with Gasteiger partial charge in [0.05, 0.1) is 0 Å². The lowest BCUT2D eigenvalue weighted by Crippen LogP contribution is -2.38. The molecule has 3 atom stereocenters. The largest absolute Gasteiger partial charge is 0.381 e. The summed E-state index contributed by atoms with van der Waals surface area (Å²) in [7, 11) is 0. The van der Waals surface area contributed by atoms with Gasteiger partial charge in [0.2, 0.25) is 0 Å². The van der Waals surface area contributed by atoms with Crippen molar-refractivity contribution in [2.45, 2.75) is 63.4 Å². The molecule has 0 spiro atoms. The molecule has 3 unspecified atom stereocenters. The molecule has 0 radical (unpaired) electrons. The molecule has 3 heteroatoms. The first-order valence-corrected chi connectivity index (χ1v) is 8.88. The van der Waals surface area contributed by atoms with Gasteiger partial charge in [-0.25, -0.2) is 0 Å². The third kappa shape index (κ3) is 4.37. The van der Waals surface area contributed by atoms with Crippen LogP contribution in [0.25, 0.3) is 0 Å². The van der Waals surface area contributed by atoms with Gasteiger partial charge in [0.15, 0.2) is 0 Å². The van der Waals surface area contributed by atoms with Crippen molar-refractivity contribution in [1.82, 2.24) is 0 Å². The monoisotopic (exact) mass is 285 g/mol. The van der Waals surface area contributed by atoms with Gasteiger partial charge in [-0.1, -0.05) is 20.8 Å². The Kier molecular flexibility index (Phi) is 5.62. The fraction of sp³-hybridized carbons (Fsp3) is 1.00. The molecule has 1 aliphatic heterocycles. The van der Waals surface area contributed by atoms with Crippen LogP contribution in [0.3, 0.4) is 0 Å². The molecule has 0 aromatic heterocycles. The van der Waals surface area contributed by atoms with Gasteiger partial charge in [0.25, 0.3) is 0 Å². The van der Waals surface area contributed by atoms with E-state index in [0.717, 1.165) is 42.1 Å². The van der Waals surface area contributed by atoms with Crippen molar-refractivity contribution >= 4 is 11.8 Å². The van der Waals surface area contributed by atoms with Crippen LogP contribution >= 0.6 is 11.8 Å². The molecule has 1 saturated carbocycles. The van der Waals surface area contributed by atoms with Crippen molar-refractivity contribution in [3.63, 3.8) is 0 Å². The zero-order chi connectivity index (χ0) is 13.9. The molecule has 19 heavy (non-hydrogen) atoms. The molecular weight excluding hydrogens is 254 g/mol. The smallest absolute Gasteiger partial charge is 0.0476 e. The van der Waals surface area contributed by atoms with Gasteiger partial charge in [-0.05, 0) is 55.9 Å². The Balaban J connectivity index is 1.93. The second kappa shape index (κ2) is 6.82. The lowest BCUT2D eigenvalue weighted by atomic mass is 9.69. The third-order valence-corrected chi connectivity index (χ3v) is 6.77. The van der Waals surface area contributed by atoms with Gasteiger partial charge in [0.1, 0.15) is 0 Å². The molecule has 0 aromatic carbocycles. The summed E-state index contributed by atoms with van der Waals surface area (Å²) < 4.78 is 5.48. The summed E-state index contributed by atoms with van der Waals surface area (Å²) in [6, 6.07) is 0. The molecule has 0 bridgehead atoms. The van der Waals surface area contributed by atoms with Crippen LogP contribution in [0, 0.1) is 17.3 Å². The summed E-state index contributed by atoms with van der Waals surface area (Å²) in [6.45, 7) is 9.99. The van der Waals surface area contributed by atoms with Crippen molar-refractivity contribution in [2.75, 3.05) is 19.8 Å². The van der Waals surface area contributed by atoms with Gasteiger partial charge in [-0.3, -0.25) is 0 Å². The van der Waals surface area contributed by atoms with Crippen molar-refractivity contribution in [3.8, 4) is 0 Å². The first-order valence-electron chi connectivity index (χ1n) is 7.94. The van der Waals surface area contributed by atoms with Crippen LogP contribution in [0.1, 0.15) is 52.9 Å². The summed E-state index contributed by atoms with van der Waals surface area (Å²) in [5.74, 6) is 1.61. The van der Waals surface area contributed by atoms with Gasteiger partial charge in [-0.2, -0.15) is 11.8 Å². The molecule has 2 fully saturated rings. The molecule has 0 aromatic rings. The maximum absolute atomic E-state index is 6.02. The Labute approximate surface area is 123 Å². The Hall–Kier alpha value is 0.270. The molecule has 1 saturated heterocycles. The van der Waals surface area contributed by atoms with Crippen LogP contribution in [0.15, 0.2) is 0 Å². The maximum atomic E-state index is 6.02. The summed E-state index contributed by atoms with van der Waals surface area (Å²) in [5.41, 5.74) is 6.47. The summed E-state index contributed by atoms with van der Waals surface area (Å²) in [5, 5.41) is 1.59. The van der Waals surface area contributed by atoms with Crippen molar-refractivity contribution in [1.29, 1.82) is 0 Å². The van der Waals surface area contributed by atoms with E-state index in [-0.39, 0.29) is 0 Å². The van der Waals surface area contributed by atoms with Crippen LogP contribution in [0.4, 0.5) is 0 Å². The minimum atomic E-state index is 0.452. The first-order chi connectivity index (χ1) is 9.00. The molecular formula is C16H31NOS. The quantitative estimate of drug-likeness (QED) is 0.859. The minimum absolute atomic E-state index is 0.452. The van der Waals surface area contributed by atoms with Gasteiger partial charge >= 0.3 is 0 Å². The minimum Gasteiger partial charge on any atom is -0.381 e. The average molecular weight is 285 g/mol. The summed E-state index contributed by atoms with van der Waals surface area (Å²) >= 11 is 2.23. The number of ether oxygens (including phenoxy) is 1. The number of thioether (sulfide) groups is 1. The highest BCUT2D eigenvalue weighted by atomic mass is 32.2. The predicted molar refractivity (Wildman–Crippen MR) is 84.6 cm³/mol. The molecule has 2 aliphatic rings. The van der Waals surface area contributed by atoms with Gasteiger partial charge in [-0.15, -0.1) is 0 Å². The van der Waals surface area contributed by atoms with E-state index in [2.05, 4.69) is 32.5 Å². The van der Waals surface area contributed by atoms with E-state index in [1.165, 1.54) is 32.1 Å². The molecule has 2 rings (SSSR count). The second-order valence-electron chi connectivity index (χ2n) is 7.36. The molecule has 2 N–H and O–H groups in total. The number of rotatable bonds is 3. The third-order valence-electron chi connectivity index (χ3n) is 4.99. The standard InChI is InChI=1S/C16H31NOS/c1-16(2,3)13-5-4-12(11-17)15(10-13)19-14-6-8-18-9-7-14/h12-15H,4-11,17H2,1-3H3. The summed E-state index contributed by atoms with van der Waals surface area (Å²) in [4.78, 5) is 0. The Morgan fingerprint density at radius 1 is 1.11 bits per heavy atom. The van der Waals surface area contributed by atoms with Crippen LogP contribution in [0.2, 0.25) is 0 Å². The van der Waals surface area contributed by atoms with Crippen molar-refractivity contribution < 1.29 is 4.74 Å². The van der Waals surface area contributed by atoms with Crippen LogP contribution in [0.5, 0.6) is 0 Å². The second-order valence-corrected chi connectivity index (χ2v) is 8.90. The fourth-order valence-corrected chi connectivity index (χ4v) is 5.25. The zero-order valence-electron chi connectivity index (χ0n) is 12.9. The van der Waals surface area contributed by atoms with Crippen LogP contribution in [-0.4, -0.2) is 30.3 Å². The van der Waals surface area contributed by atoms with E-state index >= 15 is 0 Å². The van der Waals surface area contributed by atoms with E-state index in [9.17, 15) is 0 Å². The molecule has 1 aliphatic carbocycles. The highest BCUT2D eigenvalue weighted by Crippen LogP contribution is 2.45. The predicted octanol–water partition coefficient (Wildman–Crippen LogP) is 3.69. The Bertz CT molecular complexity index is 270. The normalized spacial score (nSPS) is 34.4. The average Bonchev–Trinajstić information content (AvgIpc) is 2.39. The molecule has 2 nitrogen and oxygen atoms in total.